The van der Waals surface area contributed by atoms with Crippen molar-refractivity contribution in [1.82, 2.24) is 0 Å². The lowest BCUT2D eigenvalue weighted by Crippen LogP contribution is -2.60. The molecule has 0 amide bonds. The Labute approximate surface area is 156 Å². The van der Waals surface area contributed by atoms with E-state index in [1.54, 1.807) is 0 Å². The number of hydrogen-bond acceptors (Lipinski definition) is 4. The summed E-state index contributed by atoms with van der Waals surface area (Å²) in [7, 11) is 0. The number of epoxide rings is 1. The highest BCUT2D eigenvalue weighted by molar-refractivity contribution is 5.46. The molecule has 1 heterocycles. The van der Waals surface area contributed by atoms with Crippen molar-refractivity contribution in [3.63, 3.8) is 0 Å². The van der Waals surface area contributed by atoms with Crippen molar-refractivity contribution in [2.75, 3.05) is 0 Å². The van der Waals surface area contributed by atoms with Gasteiger partial charge in [0.15, 0.2) is 5.60 Å². The number of aliphatic hydroxyl groups excluding tert-OH is 1. The highest BCUT2D eigenvalue weighted by atomic mass is 16.6. The molecule has 0 bridgehead atoms. The Bertz CT molecular complexity index is 766. The van der Waals surface area contributed by atoms with Gasteiger partial charge in [0, 0.05) is 5.41 Å². The molecular formula is C22H31NO3. The van der Waals surface area contributed by atoms with Crippen molar-refractivity contribution in [2.24, 2.45) is 28.6 Å². The van der Waals surface area contributed by atoms with Crippen molar-refractivity contribution in [3.05, 3.63) is 11.3 Å². The molecule has 4 heteroatoms. The number of allylic oxidation sites excluding steroid dienone is 1. The van der Waals surface area contributed by atoms with Crippen LogP contribution in [0.3, 0.4) is 0 Å². The summed E-state index contributed by atoms with van der Waals surface area (Å²) in [6.07, 6.45) is 6.85. The minimum atomic E-state index is -0.669. The van der Waals surface area contributed by atoms with Gasteiger partial charge in [-0.2, -0.15) is 5.26 Å². The van der Waals surface area contributed by atoms with E-state index in [2.05, 4.69) is 19.9 Å². The summed E-state index contributed by atoms with van der Waals surface area (Å²) < 4.78 is 6.32. The summed E-state index contributed by atoms with van der Waals surface area (Å²) in [5.74, 6) is 1.83. The Morgan fingerprint density at radius 3 is 2.35 bits per heavy atom. The summed E-state index contributed by atoms with van der Waals surface area (Å²) in [6, 6.07) is 2.26. The number of nitrogens with zero attached hydrogens (tertiary/aromatic N) is 1. The van der Waals surface area contributed by atoms with E-state index in [9.17, 15) is 15.5 Å². The normalized spacial score (nSPS) is 60.4. The molecule has 4 aliphatic carbocycles. The van der Waals surface area contributed by atoms with Crippen molar-refractivity contribution in [3.8, 4) is 6.07 Å². The lowest BCUT2D eigenvalue weighted by Gasteiger charge is -2.60. The highest BCUT2D eigenvalue weighted by Gasteiger charge is 2.82. The summed E-state index contributed by atoms with van der Waals surface area (Å²) >= 11 is 0. The van der Waals surface area contributed by atoms with E-state index >= 15 is 0 Å². The third-order valence-electron chi connectivity index (χ3n) is 10.1. The maximum atomic E-state index is 11.0. The first kappa shape index (κ1) is 17.1. The molecule has 1 spiro atoms. The van der Waals surface area contributed by atoms with Crippen LogP contribution in [0.4, 0.5) is 0 Å². The van der Waals surface area contributed by atoms with E-state index in [0.717, 1.165) is 38.5 Å². The first-order chi connectivity index (χ1) is 12.1. The van der Waals surface area contributed by atoms with Crippen LogP contribution in [0, 0.1) is 39.9 Å². The molecule has 5 rings (SSSR count). The Morgan fingerprint density at radius 2 is 1.65 bits per heavy atom. The van der Waals surface area contributed by atoms with Gasteiger partial charge < -0.3 is 14.9 Å². The average molecular weight is 357 g/mol. The molecule has 1 saturated heterocycles. The number of aliphatic hydroxyl groups is 2. The van der Waals surface area contributed by atoms with Crippen LogP contribution < -0.4 is 0 Å². The molecule has 5 aliphatic rings. The predicted molar refractivity (Wildman–Crippen MR) is 97.1 cm³/mol. The van der Waals surface area contributed by atoms with Crippen LogP contribution in [0.2, 0.25) is 0 Å². The fraction of sp³-hybridized carbons (Fsp3) is 0.864. The third kappa shape index (κ3) is 1.53. The summed E-state index contributed by atoms with van der Waals surface area (Å²) in [5, 5.41) is 31.3. The Kier molecular flexibility index (Phi) is 2.95. The van der Waals surface area contributed by atoms with Crippen molar-refractivity contribution >= 4 is 0 Å². The first-order valence-electron chi connectivity index (χ1n) is 10.3. The van der Waals surface area contributed by atoms with Crippen LogP contribution in [0.1, 0.15) is 72.6 Å². The molecule has 0 aromatic carbocycles. The maximum absolute atomic E-state index is 11.0. The van der Waals surface area contributed by atoms with Crippen LogP contribution in [-0.2, 0) is 4.74 Å². The van der Waals surface area contributed by atoms with Gasteiger partial charge in [0.1, 0.15) is 11.4 Å². The Balaban J connectivity index is 1.57. The SMILES string of the molecule is C[C@]1(O)CC[C@H]2[C@@H]3CC[C@]45O[C@@]4(C)C(O)=C(C#N)C[C@]5(C)[C@H]3CC[C@@]21C. The van der Waals surface area contributed by atoms with Gasteiger partial charge >= 0.3 is 0 Å². The predicted octanol–water partition coefficient (Wildman–Crippen LogP) is 4.25. The van der Waals surface area contributed by atoms with Gasteiger partial charge in [-0.15, -0.1) is 0 Å². The smallest absolute Gasteiger partial charge is 0.153 e. The molecular weight excluding hydrogens is 326 g/mol. The number of ether oxygens (including phenoxy) is 1. The topological polar surface area (TPSA) is 76.8 Å². The summed E-state index contributed by atoms with van der Waals surface area (Å²) in [5.41, 5.74) is -1.11. The van der Waals surface area contributed by atoms with Gasteiger partial charge in [-0.05, 0) is 82.0 Å². The van der Waals surface area contributed by atoms with Crippen LogP contribution in [0.5, 0.6) is 0 Å². The lowest BCUT2D eigenvalue weighted by atomic mass is 9.43. The standard InChI is InChI=1S/C22H31NO3/c1-18-8-6-16-14(15(18)7-9-20(18,3)25)5-10-22-19(16,2)11-13(12-23)17(24)21(22,4)26-22/h14-16,24-25H,5-11H2,1-4H3/t14-,15-,16-,18-,19+,20-,21-,22+/m0/s1. The van der Waals surface area contributed by atoms with E-state index in [1.807, 2.05) is 13.8 Å². The lowest BCUT2D eigenvalue weighted by molar-refractivity contribution is -0.143. The van der Waals surface area contributed by atoms with Crippen LogP contribution >= 0.6 is 0 Å². The quantitative estimate of drug-likeness (QED) is 0.636. The molecule has 0 aromatic rings. The summed E-state index contributed by atoms with van der Waals surface area (Å²) in [4.78, 5) is 0. The Hall–Kier alpha value is -1.05. The molecule has 4 nitrogen and oxygen atoms in total. The maximum Gasteiger partial charge on any atom is 0.153 e. The van der Waals surface area contributed by atoms with Gasteiger partial charge in [0.2, 0.25) is 0 Å². The Morgan fingerprint density at radius 1 is 1.00 bits per heavy atom. The van der Waals surface area contributed by atoms with Gasteiger partial charge in [0.05, 0.1) is 17.2 Å². The molecule has 0 radical (unpaired) electrons. The fourth-order valence-corrected chi connectivity index (χ4v) is 8.30. The molecule has 1 aliphatic heterocycles. The molecule has 142 valence electrons. The van der Waals surface area contributed by atoms with E-state index < -0.39 is 11.2 Å². The van der Waals surface area contributed by atoms with Crippen molar-refractivity contribution in [1.29, 1.82) is 5.26 Å². The zero-order valence-electron chi connectivity index (χ0n) is 16.4. The van der Waals surface area contributed by atoms with Crippen molar-refractivity contribution < 1.29 is 14.9 Å². The zero-order valence-corrected chi connectivity index (χ0v) is 16.4. The molecule has 0 unspecified atom stereocenters. The molecule has 26 heavy (non-hydrogen) atoms. The van der Waals surface area contributed by atoms with Crippen LogP contribution in [0.15, 0.2) is 11.3 Å². The van der Waals surface area contributed by atoms with Gasteiger partial charge in [-0.3, -0.25) is 0 Å². The van der Waals surface area contributed by atoms with E-state index in [1.165, 1.54) is 0 Å². The molecule has 3 saturated carbocycles. The average Bonchev–Trinajstić information content (AvgIpc) is 3.14. The minimum Gasteiger partial charge on any atom is -0.508 e. The second kappa shape index (κ2) is 4.50. The monoisotopic (exact) mass is 357 g/mol. The molecule has 2 N–H and O–H groups in total. The number of fused-ring (bicyclic) bond motifs is 4. The number of hydrogen-bond donors (Lipinski definition) is 2. The fourth-order valence-electron chi connectivity index (χ4n) is 8.30. The first-order valence-corrected chi connectivity index (χ1v) is 10.3. The largest absolute Gasteiger partial charge is 0.508 e. The minimum absolute atomic E-state index is 0.00739. The highest BCUT2D eigenvalue weighted by Crippen LogP contribution is 2.77. The van der Waals surface area contributed by atoms with E-state index in [4.69, 9.17) is 4.74 Å². The molecule has 0 aromatic heterocycles. The van der Waals surface area contributed by atoms with Gasteiger partial charge in [-0.1, -0.05) is 13.8 Å². The third-order valence-corrected chi connectivity index (χ3v) is 10.1. The number of rotatable bonds is 0. The summed E-state index contributed by atoms with van der Waals surface area (Å²) in [6.45, 7) is 8.63. The molecule has 8 atom stereocenters. The zero-order chi connectivity index (χ0) is 18.8. The number of nitriles is 1. The van der Waals surface area contributed by atoms with Gasteiger partial charge in [-0.25, -0.2) is 0 Å². The van der Waals surface area contributed by atoms with Crippen LogP contribution in [-0.4, -0.2) is 27.0 Å². The van der Waals surface area contributed by atoms with Crippen LogP contribution in [0.25, 0.3) is 0 Å². The van der Waals surface area contributed by atoms with Crippen molar-refractivity contribution in [2.45, 2.75) is 89.4 Å². The molecule has 4 fully saturated rings. The van der Waals surface area contributed by atoms with Gasteiger partial charge in [0.25, 0.3) is 0 Å². The second-order valence-electron chi connectivity index (χ2n) is 10.7. The van der Waals surface area contributed by atoms with E-state index in [0.29, 0.717) is 29.7 Å². The second-order valence-corrected chi connectivity index (χ2v) is 10.7. The van der Waals surface area contributed by atoms with E-state index in [-0.39, 0.29) is 22.2 Å².